The van der Waals surface area contributed by atoms with Gasteiger partial charge < -0.3 is 10.1 Å². The number of nitrogens with one attached hydrogen (secondary N) is 1. The number of likely N-dealkylation sites (N-methyl/N-ethyl adjacent to an activating group) is 1. The van der Waals surface area contributed by atoms with Crippen LogP contribution in [0.4, 0.5) is 0 Å². The number of hydrogen-bond donors (Lipinski definition) is 1. The van der Waals surface area contributed by atoms with Gasteiger partial charge in [-0.3, -0.25) is 0 Å². The Morgan fingerprint density at radius 2 is 2.00 bits per heavy atom. The molecule has 0 amide bonds. The van der Waals surface area contributed by atoms with Gasteiger partial charge >= 0.3 is 0 Å². The van der Waals surface area contributed by atoms with Crippen LogP contribution in [0.3, 0.4) is 0 Å². The molecule has 96 valence electrons. The average molecular weight is 263 g/mol. The molecule has 1 N–H and O–H groups in total. The lowest BCUT2D eigenvalue weighted by molar-refractivity contribution is 0.0611. The fourth-order valence-corrected chi connectivity index (χ4v) is 4.86. The summed E-state index contributed by atoms with van der Waals surface area (Å²) < 4.78 is 5.77. The van der Waals surface area contributed by atoms with Gasteiger partial charge in [-0.1, -0.05) is 13.8 Å². The standard InChI is InChI=1S/C12H25NOS2/c1-5-13-11(8-14-9(2)3)12-10(4)15-6-7-16-12/h9-13H,5-8H2,1-4H3. The highest BCUT2D eigenvalue weighted by Crippen LogP contribution is 2.33. The zero-order valence-electron chi connectivity index (χ0n) is 10.9. The Kier molecular flexibility index (Phi) is 7.20. The lowest BCUT2D eigenvalue weighted by Crippen LogP contribution is -2.47. The Hall–Kier alpha value is 0.620. The molecule has 3 unspecified atom stereocenters. The van der Waals surface area contributed by atoms with E-state index in [9.17, 15) is 0 Å². The molecule has 2 nitrogen and oxygen atoms in total. The van der Waals surface area contributed by atoms with Crippen LogP contribution in [0.5, 0.6) is 0 Å². The van der Waals surface area contributed by atoms with Gasteiger partial charge in [-0.25, -0.2) is 0 Å². The summed E-state index contributed by atoms with van der Waals surface area (Å²) in [7, 11) is 0. The van der Waals surface area contributed by atoms with Gasteiger partial charge in [0.15, 0.2) is 0 Å². The van der Waals surface area contributed by atoms with E-state index in [0.29, 0.717) is 17.4 Å². The van der Waals surface area contributed by atoms with Crippen molar-refractivity contribution in [3.63, 3.8) is 0 Å². The zero-order valence-corrected chi connectivity index (χ0v) is 12.5. The Labute approximate surface area is 109 Å². The molecule has 1 fully saturated rings. The fourth-order valence-electron chi connectivity index (χ4n) is 1.92. The van der Waals surface area contributed by atoms with Crippen molar-refractivity contribution in [3.8, 4) is 0 Å². The summed E-state index contributed by atoms with van der Waals surface area (Å²) in [4.78, 5) is 0. The predicted molar refractivity (Wildman–Crippen MR) is 76.7 cm³/mol. The molecule has 1 aliphatic rings. The van der Waals surface area contributed by atoms with E-state index >= 15 is 0 Å². The van der Waals surface area contributed by atoms with Crippen LogP contribution in [0.25, 0.3) is 0 Å². The summed E-state index contributed by atoms with van der Waals surface area (Å²) >= 11 is 4.21. The Balaban J connectivity index is 2.46. The highest BCUT2D eigenvalue weighted by molar-refractivity contribution is 8.07. The SMILES string of the molecule is CCNC(COC(C)C)C1SCCSC1C. The van der Waals surface area contributed by atoms with E-state index in [-0.39, 0.29) is 0 Å². The number of thioether (sulfide) groups is 2. The monoisotopic (exact) mass is 263 g/mol. The summed E-state index contributed by atoms with van der Waals surface area (Å²) in [5.41, 5.74) is 0. The van der Waals surface area contributed by atoms with Crippen molar-refractivity contribution in [3.05, 3.63) is 0 Å². The van der Waals surface area contributed by atoms with E-state index in [1.807, 2.05) is 0 Å². The van der Waals surface area contributed by atoms with Crippen LogP contribution < -0.4 is 5.32 Å². The maximum Gasteiger partial charge on any atom is 0.0634 e. The summed E-state index contributed by atoms with van der Waals surface area (Å²) in [6.07, 6.45) is 0.331. The molecule has 4 heteroatoms. The highest BCUT2D eigenvalue weighted by atomic mass is 32.2. The molecular formula is C12H25NOS2. The van der Waals surface area contributed by atoms with Crippen molar-refractivity contribution < 1.29 is 4.74 Å². The summed E-state index contributed by atoms with van der Waals surface area (Å²) in [6.45, 7) is 10.6. The van der Waals surface area contributed by atoms with Crippen molar-refractivity contribution >= 4 is 23.5 Å². The summed E-state index contributed by atoms with van der Waals surface area (Å²) in [5.74, 6) is 2.58. The van der Waals surface area contributed by atoms with Crippen molar-refractivity contribution in [2.45, 2.75) is 50.3 Å². The van der Waals surface area contributed by atoms with Gasteiger partial charge in [0, 0.05) is 28.0 Å². The first-order chi connectivity index (χ1) is 7.65. The molecule has 0 aliphatic carbocycles. The minimum absolute atomic E-state index is 0.331. The van der Waals surface area contributed by atoms with Crippen LogP contribution in [-0.2, 0) is 4.74 Å². The van der Waals surface area contributed by atoms with E-state index in [0.717, 1.165) is 18.4 Å². The van der Waals surface area contributed by atoms with Crippen LogP contribution in [0.1, 0.15) is 27.7 Å². The molecule has 0 aromatic rings. The highest BCUT2D eigenvalue weighted by Gasteiger charge is 2.30. The molecule has 0 saturated carbocycles. The molecule has 0 bridgehead atoms. The Morgan fingerprint density at radius 3 is 2.56 bits per heavy atom. The second-order valence-corrected chi connectivity index (χ2v) is 7.23. The lowest BCUT2D eigenvalue weighted by atomic mass is 10.1. The minimum Gasteiger partial charge on any atom is -0.377 e. The normalized spacial score (nSPS) is 28.3. The average Bonchev–Trinajstić information content (AvgIpc) is 2.25. The van der Waals surface area contributed by atoms with Crippen LogP contribution in [0.15, 0.2) is 0 Å². The molecule has 0 spiro atoms. The van der Waals surface area contributed by atoms with E-state index in [2.05, 4.69) is 56.5 Å². The van der Waals surface area contributed by atoms with Gasteiger partial charge in [0.25, 0.3) is 0 Å². The van der Waals surface area contributed by atoms with Gasteiger partial charge in [0.2, 0.25) is 0 Å². The van der Waals surface area contributed by atoms with Crippen LogP contribution in [0, 0.1) is 0 Å². The molecule has 1 aliphatic heterocycles. The van der Waals surface area contributed by atoms with Gasteiger partial charge in [-0.05, 0) is 20.4 Å². The molecule has 3 atom stereocenters. The molecule has 16 heavy (non-hydrogen) atoms. The van der Waals surface area contributed by atoms with Gasteiger partial charge in [0.05, 0.1) is 12.7 Å². The third-order valence-electron chi connectivity index (χ3n) is 2.71. The van der Waals surface area contributed by atoms with Crippen molar-refractivity contribution in [2.24, 2.45) is 0 Å². The maximum atomic E-state index is 5.77. The Bertz CT molecular complexity index is 190. The lowest BCUT2D eigenvalue weighted by Gasteiger charge is -2.35. The maximum absolute atomic E-state index is 5.77. The van der Waals surface area contributed by atoms with Crippen molar-refractivity contribution in [1.29, 1.82) is 0 Å². The van der Waals surface area contributed by atoms with Gasteiger partial charge in [0.1, 0.15) is 0 Å². The molecule has 1 rings (SSSR count). The quantitative estimate of drug-likeness (QED) is 0.795. The first-order valence-corrected chi connectivity index (χ1v) is 8.33. The summed E-state index contributed by atoms with van der Waals surface area (Å²) in [5, 5.41) is 5.01. The second-order valence-electron chi connectivity index (χ2n) is 4.46. The summed E-state index contributed by atoms with van der Waals surface area (Å²) in [6, 6.07) is 0.500. The van der Waals surface area contributed by atoms with E-state index < -0.39 is 0 Å². The largest absolute Gasteiger partial charge is 0.377 e. The molecule has 0 aromatic carbocycles. The second kappa shape index (κ2) is 7.85. The van der Waals surface area contributed by atoms with Crippen molar-refractivity contribution in [1.82, 2.24) is 5.32 Å². The van der Waals surface area contributed by atoms with E-state index in [4.69, 9.17) is 4.74 Å². The fraction of sp³-hybridized carbons (Fsp3) is 1.00. The topological polar surface area (TPSA) is 21.3 Å². The van der Waals surface area contributed by atoms with Gasteiger partial charge in [-0.2, -0.15) is 23.5 Å². The van der Waals surface area contributed by atoms with Crippen LogP contribution in [0.2, 0.25) is 0 Å². The third-order valence-corrected chi connectivity index (χ3v) is 5.96. The predicted octanol–water partition coefficient (Wildman–Crippen LogP) is 2.63. The van der Waals surface area contributed by atoms with Crippen LogP contribution >= 0.6 is 23.5 Å². The number of hydrogen-bond acceptors (Lipinski definition) is 4. The molecule has 1 saturated heterocycles. The first kappa shape index (κ1) is 14.7. The van der Waals surface area contributed by atoms with Crippen LogP contribution in [-0.4, -0.2) is 47.3 Å². The zero-order chi connectivity index (χ0) is 12.0. The first-order valence-electron chi connectivity index (χ1n) is 6.23. The van der Waals surface area contributed by atoms with Crippen molar-refractivity contribution in [2.75, 3.05) is 24.7 Å². The molecule has 1 heterocycles. The smallest absolute Gasteiger partial charge is 0.0634 e. The van der Waals surface area contributed by atoms with E-state index in [1.165, 1.54) is 11.5 Å². The minimum atomic E-state index is 0.331. The molecule has 0 radical (unpaired) electrons. The molecule has 0 aromatic heterocycles. The number of ether oxygens (including phenoxy) is 1. The van der Waals surface area contributed by atoms with Gasteiger partial charge in [-0.15, -0.1) is 0 Å². The number of rotatable bonds is 6. The third kappa shape index (κ3) is 4.86. The Morgan fingerprint density at radius 1 is 1.31 bits per heavy atom. The van der Waals surface area contributed by atoms with E-state index in [1.54, 1.807) is 0 Å². The molecular weight excluding hydrogens is 238 g/mol.